The van der Waals surface area contributed by atoms with Crippen molar-refractivity contribution in [3.63, 3.8) is 0 Å². The molecule has 0 radical (unpaired) electrons. The van der Waals surface area contributed by atoms with Crippen molar-refractivity contribution < 1.29 is 34.0 Å². The van der Waals surface area contributed by atoms with Gasteiger partial charge in [-0.25, -0.2) is 4.79 Å². The molecule has 0 heterocycles. The third kappa shape index (κ3) is 5.07. The molecule has 2 rings (SSSR count). The number of aromatic hydroxyl groups is 1. The number of methoxy groups -OCH3 is 2. The average Bonchev–Trinajstić information content (AvgIpc) is 2.66. The molecule has 2 aromatic rings. The largest absolute Gasteiger partial charge is 0.507 e. The third-order valence-electron chi connectivity index (χ3n) is 4.20. The zero-order chi connectivity index (χ0) is 21.8. The number of hydrogen-bond donors (Lipinski definition) is 2. The maximum atomic E-state index is 12.4. The number of ether oxygens (including phenoxy) is 3. The topological polar surface area (TPSA) is 102 Å². The van der Waals surface area contributed by atoms with Crippen LogP contribution in [0.3, 0.4) is 0 Å². The van der Waals surface area contributed by atoms with Crippen LogP contribution in [0.15, 0.2) is 36.4 Å². The molecule has 0 fully saturated rings. The predicted molar refractivity (Wildman–Crippen MR) is 108 cm³/mol. The highest BCUT2D eigenvalue weighted by Gasteiger charge is 2.32. The molecule has 0 bridgehead atoms. The summed E-state index contributed by atoms with van der Waals surface area (Å²) in [6.07, 6.45) is 2.86. The predicted octanol–water partition coefficient (Wildman–Crippen LogP) is 3.86. The van der Waals surface area contributed by atoms with Crippen molar-refractivity contribution in [2.45, 2.75) is 26.4 Å². The summed E-state index contributed by atoms with van der Waals surface area (Å²) in [7, 11) is 2.83. The highest BCUT2D eigenvalue weighted by molar-refractivity contribution is 6.08. The normalized spacial score (nSPS) is 11.3. The summed E-state index contributed by atoms with van der Waals surface area (Å²) in [6, 6.07) is 8.00. The maximum absolute atomic E-state index is 12.4. The molecule has 7 nitrogen and oxygen atoms in total. The van der Waals surface area contributed by atoms with Gasteiger partial charge in [-0.3, -0.25) is 4.79 Å². The number of carbonyl (C=O) groups is 2. The van der Waals surface area contributed by atoms with Crippen LogP contribution in [-0.4, -0.2) is 41.8 Å². The summed E-state index contributed by atoms with van der Waals surface area (Å²) in [5.74, 6) is -0.953. The van der Waals surface area contributed by atoms with Crippen molar-refractivity contribution in [2.24, 2.45) is 0 Å². The molecule has 0 spiro atoms. The number of phenolic OH excluding ortho intramolecular Hbond substituents is 1. The third-order valence-corrected chi connectivity index (χ3v) is 4.20. The van der Waals surface area contributed by atoms with Gasteiger partial charge in [-0.2, -0.15) is 0 Å². The van der Waals surface area contributed by atoms with Crippen molar-refractivity contribution in [2.75, 3.05) is 14.2 Å². The van der Waals surface area contributed by atoms with Crippen molar-refractivity contribution in [1.29, 1.82) is 0 Å². The molecule has 0 aliphatic carbocycles. The molecule has 0 unspecified atom stereocenters. The molecule has 2 N–H and O–H groups in total. The van der Waals surface area contributed by atoms with Gasteiger partial charge in [-0.1, -0.05) is 12.1 Å². The Hall–Kier alpha value is -3.48. The van der Waals surface area contributed by atoms with E-state index in [0.717, 1.165) is 5.56 Å². The molecule has 0 aromatic heterocycles. The second kappa shape index (κ2) is 8.68. The first kappa shape index (κ1) is 21.8. The van der Waals surface area contributed by atoms with Gasteiger partial charge in [-0.05, 0) is 62.2 Å². The number of hydrogen-bond acceptors (Lipinski definition) is 6. The van der Waals surface area contributed by atoms with Crippen LogP contribution >= 0.6 is 0 Å². The fourth-order valence-electron chi connectivity index (χ4n) is 2.51. The molecule has 0 aliphatic heterocycles. The summed E-state index contributed by atoms with van der Waals surface area (Å²) in [4.78, 5) is 23.8. The summed E-state index contributed by atoms with van der Waals surface area (Å²) >= 11 is 0. The molecule has 0 atom stereocenters. The van der Waals surface area contributed by atoms with Gasteiger partial charge in [0.25, 0.3) is 0 Å². The Morgan fingerprint density at radius 2 is 1.62 bits per heavy atom. The Morgan fingerprint density at radius 1 is 1.03 bits per heavy atom. The molecular formula is C22H24O7. The molecule has 0 saturated carbocycles. The van der Waals surface area contributed by atoms with Gasteiger partial charge in [0.15, 0.2) is 22.9 Å². The van der Waals surface area contributed by atoms with Crippen LogP contribution in [-0.2, 0) is 4.79 Å². The first-order chi connectivity index (χ1) is 13.6. The minimum atomic E-state index is -1.50. The molecule has 0 amide bonds. The molecular weight excluding hydrogens is 376 g/mol. The van der Waals surface area contributed by atoms with Crippen LogP contribution in [0.4, 0.5) is 0 Å². The fraction of sp³-hybridized carbons (Fsp3) is 0.273. The smallest absolute Gasteiger partial charge is 0.347 e. The second-order valence-electron chi connectivity index (χ2n) is 6.89. The maximum Gasteiger partial charge on any atom is 0.347 e. The highest BCUT2D eigenvalue weighted by atomic mass is 16.6. The summed E-state index contributed by atoms with van der Waals surface area (Å²) < 4.78 is 16.3. The molecule has 29 heavy (non-hydrogen) atoms. The van der Waals surface area contributed by atoms with Crippen LogP contribution < -0.4 is 14.2 Å². The van der Waals surface area contributed by atoms with Crippen molar-refractivity contribution in [3.05, 3.63) is 53.1 Å². The molecule has 7 heteroatoms. The zero-order valence-electron chi connectivity index (χ0n) is 17.0. The number of carboxylic acids is 1. The number of aryl methyl sites for hydroxylation is 1. The summed E-state index contributed by atoms with van der Waals surface area (Å²) in [6.45, 7) is 4.64. The first-order valence-corrected chi connectivity index (χ1v) is 8.79. The van der Waals surface area contributed by atoms with Gasteiger partial charge < -0.3 is 24.4 Å². The van der Waals surface area contributed by atoms with Crippen LogP contribution in [0.1, 0.15) is 35.3 Å². The number of allylic oxidation sites excluding steroid dienone is 1. The van der Waals surface area contributed by atoms with Gasteiger partial charge in [0.05, 0.1) is 19.8 Å². The van der Waals surface area contributed by atoms with E-state index >= 15 is 0 Å². The Kier molecular flexibility index (Phi) is 6.53. The number of carboxylic acid groups (broad SMARTS) is 1. The van der Waals surface area contributed by atoms with Gasteiger partial charge in [0, 0.05) is 0 Å². The van der Waals surface area contributed by atoms with E-state index < -0.39 is 11.6 Å². The second-order valence-corrected chi connectivity index (χ2v) is 6.89. The number of aliphatic carboxylic acids is 1. The van der Waals surface area contributed by atoms with E-state index in [9.17, 15) is 19.8 Å². The van der Waals surface area contributed by atoms with Crippen LogP contribution in [0.5, 0.6) is 23.0 Å². The molecule has 0 saturated heterocycles. The van der Waals surface area contributed by atoms with E-state index in [4.69, 9.17) is 14.2 Å². The Balaban J connectivity index is 2.38. The van der Waals surface area contributed by atoms with Gasteiger partial charge in [0.2, 0.25) is 5.75 Å². The lowest BCUT2D eigenvalue weighted by Gasteiger charge is -2.24. The zero-order valence-corrected chi connectivity index (χ0v) is 17.0. The Labute approximate surface area is 169 Å². The first-order valence-electron chi connectivity index (χ1n) is 8.79. The minimum absolute atomic E-state index is 0.0885. The van der Waals surface area contributed by atoms with Crippen LogP contribution in [0, 0.1) is 6.92 Å². The van der Waals surface area contributed by atoms with Gasteiger partial charge in [0.1, 0.15) is 5.75 Å². The fourth-order valence-corrected chi connectivity index (χ4v) is 2.51. The standard InChI is InChI=1S/C22H24O7/c1-13-6-8-15(17(24)10-13)16(23)9-7-14-11-18(27-4)20(19(12-14)28-5)29-22(2,3)21(25)26/h6-12,24H,1-5H3,(H,25,26)/b9-7+. The van der Waals surface area contributed by atoms with E-state index in [1.807, 2.05) is 6.92 Å². The van der Waals surface area contributed by atoms with Gasteiger partial charge in [-0.15, -0.1) is 0 Å². The summed E-state index contributed by atoms with van der Waals surface area (Å²) in [5.41, 5.74) is 0.0991. The van der Waals surface area contributed by atoms with E-state index in [2.05, 4.69) is 0 Å². The van der Waals surface area contributed by atoms with E-state index in [0.29, 0.717) is 5.56 Å². The van der Waals surface area contributed by atoms with Crippen LogP contribution in [0.2, 0.25) is 0 Å². The highest BCUT2D eigenvalue weighted by Crippen LogP contribution is 2.41. The molecule has 2 aromatic carbocycles. The van der Waals surface area contributed by atoms with E-state index in [-0.39, 0.29) is 34.3 Å². The van der Waals surface area contributed by atoms with Crippen LogP contribution in [0.25, 0.3) is 6.08 Å². The molecule has 0 aliphatic rings. The number of phenols is 1. The van der Waals surface area contributed by atoms with Crippen molar-refractivity contribution in [3.8, 4) is 23.0 Å². The van der Waals surface area contributed by atoms with Crippen molar-refractivity contribution in [1.82, 2.24) is 0 Å². The average molecular weight is 400 g/mol. The lowest BCUT2D eigenvalue weighted by atomic mass is 10.1. The lowest BCUT2D eigenvalue weighted by molar-refractivity contribution is -0.152. The number of benzene rings is 2. The summed E-state index contributed by atoms with van der Waals surface area (Å²) in [5, 5.41) is 19.3. The monoisotopic (exact) mass is 400 g/mol. The number of ketones is 1. The Bertz CT molecular complexity index is 933. The lowest BCUT2D eigenvalue weighted by Crippen LogP contribution is -2.38. The SMILES string of the molecule is COc1cc(/C=C/C(=O)c2ccc(C)cc2O)cc(OC)c1OC(C)(C)C(=O)O. The number of rotatable bonds is 8. The number of carbonyl (C=O) groups excluding carboxylic acids is 1. The quantitative estimate of drug-likeness (QED) is 0.512. The Morgan fingerprint density at radius 3 is 2.10 bits per heavy atom. The van der Waals surface area contributed by atoms with Crippen molar-refractivity contribution >= 4 is 17.8 Å². The molecule has 154 valence electrons. The van der Waals surface area contributed by atoms with E-state index in [1.165, 1.54) is 40.2 Å². The van der Waals surface area contributed by atoms with E-state index in [1.54, 1.807) is 30.3 Å². The van der Waals surface area contributed by atoms with Gasteiger partial charge >= 0.3 is 5.97 Å². The minimum Gasteiger partial charge on any atom is -0.507 e.